The molecule has 1 aromatic rings. The Hall–Kier alpha value is -1.24. The number of benzene rings is 1. The summed E-state index contributed by atoms with van der Waals surface area (Å²) < 4.78 is 5.33. The Morgan fingerprint density at radius 1 is 1.38 bits per heavy atom. The average Bonchev–Trinajstić information content (AvgIpc) is 2.46. The predicted molar refractivity (Wildman–Crippen MR) is 101 cm³/mol. The molecule has 0 spiro atoms. The summed E-state index contributed by atoms with van der Waals surface area (Å²) in [5, 5.41) is 6.39. The summed E-state index contributed by atoms with van der Waals surface area (Å²) in [5.74, 6) is 1.76. The van der Waals surface area contributed by atoms with E-state index in [0.29, 0.717) is 6.54 Å². The van der Waals surface area contributed by atoms with Crippen molar-refractivity contribution in [3.05, 3.63) is 42.0 Å². The zero-order valence-corrected chi connectivity index (χ0v) is 15.4. The van der Waals surface area contributed by atoms with Crippen molar-refractivity contribution >= 4 is 29.9 Å². The average molecular weight is 403 g/mol. The number of hydrogen-bond acceptors (Lipinski definition) is 2. The molecule has 0 aliphatic heterocycles. The van der Waals surface area contributed by atoms with Crippen LogP contribution >= 0.6 is 24.0 Å². The van der Waals surface area contributed by atoms with Crippen LogP contribution in [0.5, 0.6) is 5.75 Å². The van der Waals surface area contributed by atoms with Gasteiger partial charge in [-0.15, -0.1) is 30.6 Å². The molecule has 21 heavy (non-hydrogen) atoms. The molecule has 0 bridgehead atoms. The summed E-state index contributed by atoms with van der Waals surface area (Å²) in [7, 11) is 1.70. The molecule has 118 valence electrons. The van der Waals surface area contributed by atoms with E-state index in [-0.39, 0.29) is 24.0 Å². The van der Waals surface area contributed by atoms with Crippen LogP contribution in [0.15, 0.2) is 35.8 Å². The zero-order valence-electron chi connectivity index (χ0n) is 13.1. The Morgan fingerprint density at radius 3 is 2.76 bits per heavy atom. The Labute approximate surface area is 145 Å². The second-order valence-corrected chi connectivity index (χ2v) is 4.48. The molecule has 0 fully saturated rings. The SMILES string of the molecule is C=CCNC(=NCCc1ccc(C)c(OC)c1)NCC.I. The third-order valence-electron chi connectivity index (χ3n) is 2.90. The summed E-state index contributed by atoms with van der Waals surface area (Å²) >= 11 is 0. The number of nitrogens with zero attached hydrogens (tertiary/aromatic N) is 1. The molecule has 0 atom stereocenters. The molecule has 0 aromatic heterocycles. The van der Waals surface area contributed by atoms with E-state index in [2.05, 4.69) is 47.3 Å². The van der Waals surface area contributed by atoms with Gasteiger partial charge in [-0.1, -0.05) is 18.2 Å². The van der Waals surface area contributed by atoms with E-state index in [0.717, 1.165) is 36.8 Å². The first-order valence-electron chi connectivity index (χ1n) is 6.97. The van der Waals surface area contributed by atoms with Gasteiger partial charge >= 0.3 is 0 Å². The molecule has 2 N–H and O–H groups in total. The first-order valence-corrected chi connectivity index (χ1v) is 6.97. The van der Waals surface area contributed by atoms with Crippen molar-refractivity contribution in [1.82, 2.24) is 10.6 Å². The van der Waals surface area contributed by atoms with Gasteiger partial charge in [0.15, 0.2) is 5.96 Å². The highest BCUT2D eigenvalue weighted by Crippen LogP contribution is 2.19. The molecule has 0 heterocycles. The van der Waals surface area contributed by atoms with Gasteiger partial charge in [0.05, 0.1) is 7.11 Å². The lowest BCUT2D eigenvalue weighted by molar-refractivity contribution is 0.411. The minimum absolute atomic E-state index is 0. The standard InChI is InChI=1S/C16H25N3O.HI/c1-5-10-18-16(17-6-2)19-11-9-14-8-7-13(3)15(12-14)20-4;/h5,7-8,12H,1,6,9-11H2,2-4H3,(H2,17,18,19);1H. The fourth-order valence-electron chi connectivity index (χ4n) is 1.83. The van der Waals surface area contributed by atoms with Crippen molar-refractivity contribution < 1.29 is 4.74 Å². The van der Waals surface area contributed by atoms with Gasteiger partial charge in [-0.05, 0) is 37.5 Å². The van der Waals surface area contributed by atoms with E-state index in [1.54, 1.807) is 7.11 Å². The summed E-state index contributed by atoms with van der Waals surface area (Å²) in [5.41, 5.74) is 2.39. The number of nitrogens with one attached hydrogen (secondary N) is 2. The molecule has 0 aliphatic rings. The lowest BCUT2D eigenvalue weighted by atomic mass is 10.1. The van der Waals surface area contributed by atoms with Crippen LogP contribution in [-0.2, 0) is 6.42 Å². The van der Waals surface area contributed by atoms with Crippen LogP contribution < -0.4 is 15.4 Å². The van der Waals surface area contributed by atoms with E-state index in [1.807, 2.05) is 13.0 Å². The zero-order chi connectivity index (χ0) is 14.8. The van der Waals surface area contributed by atoms with Gasteiger partial charge < -0.3 is 15.4 Å². The summed E-state index contributed by atoms with van der Waals surface area (Å²) in [6.07, 6.45) is 2.71. The lowest BCUT2D eigenvalue weighted by Crippen LogP contribution is -2.37. The predicted octanol–water partition coefficient (Wildman–Crippen LogP) is 2.91. The van der Waals surface area contributed by atoms with Gasteiger partial charge in [0.2, 0.25) is 0 Å². The van der Waals surface area contributed by atoms with Gasteiger partial charge in [-0.25, -0.2) is 0 Å². The van der Waals surface area contributed by atoms with Crippen LogP contribution in [0, 0.1) is 6.92 Å². The molecule has 0 saturated heterocycles. The van der Waals surface area contributed by atoms with E-state index in [1.165, 1.54) is 5.56 Å². The van der Waals surface area contributed by atoms with Crippen molar-refractivity contribution in [3.8, 4) is 5.75 Å². The second kappa shape index (κ2) is 11.4. The van der Waals surface area contributed by atoms with E-state index in [4.69, 9.17) is 4.74 Å². The fourth-order valence-corrected chi connectivity index (χ4v) is 1.83. The van der Waals surface area contributed by atoms with Gasteiger partial charge in [-0.3, -0.25) is 4.99 Å². The molecular formula is C16H26IN3O. The van der Waals surface area contributed by atoms with E-state index in [9.17, 15) is 0 Å². The maximum atomic E-state index is 5.33. The van der Waals surface area contributed by atoms with Crippen molar-refractivity contribution in [2.45, 2.75) is 20.3 Å². The maximum Gasteiger partial charge on any atom is 0.191 e. The first kappa shape index (κ1) is 19.8. The van der Waals surface area contributed by atoms with Gasteiger partial charge in [0, 0.05) is 19.6 Å². The number of aryl methyl sites for hydroxylation is 1. The molecule has 5 heteroatoms. The van der Waals surface area contributed by atoms with E-state index >= 15 is 0 Å². The largest absolute Gasteiger partial charge is 0.496 e. The minimum Gasteiger partial charge on any atom is -0.496 e. The monoisotopic (exact) mass is 403 g/mol. The number of methoxy groups -OCH3 is 1. The molecule has 1 rings (SSSR count). The van der Waals surface area contributed by atoms with Crippen LogP contribution in [0.25, 0.3) is 0 Å². The topological polar surface area (TPSA) is 45.7 Å². The quantitative estimate of drug-likeness (QED) is 0.319. The maximum absolute atomic E-state index is 5.33. The Morgan fingerprint density at radius 2 is 2.14 bits per heavy atom. The summed E-state index contributed by atoms with van der Waals surface area (Å²) in [6, 6.07) is 6.28. The highest BCUT2D eigenvalue weighted by molar-refractivity contribution is 14.0. The summed E-state index contributed by atoms with van der Waals surface area (Å²) in [6.45, 7) is 10.1. The number of guanidine groups is 1. The van der Waals surface area contributed by atoms with Crippen molar-refractivity contribution in [1.29, 1.82) is 0 Å². The Kier molecular flexibility index (Phi) is 10.7. The molecule has 0 unspecified atom stereocenters. The summed E-state index contributed by atoms with van der Waals surface area (Å²) in [4.78, 5) is 4.53. The van der Waals surface area contributed by atoms with Crippen molar-refractivity contribution in [3.63, 3.8) is 0 Å². The van der Waals surface area contributed by atoms with Gasteiger partial charge in [0.25, 0.3) is 0 Å². The minimum atomic E-state index is 0. The van der Waals surface area contributed by atoms with Gasteiger partial charge in [0.1, 0.15) is 5.75 Å². The number of aliphatic imine (C=N–C) groups is 1. The molecular weight excluding hydrogens is 377 g/mol. The van der Waals surface area contributed by atoms with Gasteiger partial charge in [-0.2, -0.15) is 0 Å². The normalized spacial score (nSPS) is 10.5. The molecule has 0 aliphatic carbocycles. The number of hydrogen-bond donors (Lipinski definition) is 2. The van der Waals surface area contributed by atoms with Crippen LogP contribution in [0.1, 0.15) is 18.1 Å². The first-order chi connectivity index (χ1) is 9.71. The highest BCUT2D eigenvalue weighted by Gasteiger charge is 2.00. The Balaban J connectivity index is 0.00000400. The molecule has 0 amide bonds. The molecule has 0 radical (unpaired) electrons. The van der Waals surface area contributed by atoms with Crippen LogP contribution in [-0.4, -0.2) is 32.7 Å². The van der Waals surface area contributed by atoms with Crippen LogP contribution in [0.2, 0.25) is 0 Å². The van der Waals surface area contributed by atoms with Crippen molar-refractivity contribution in [2.24, 2.45) is 4.99 Å². The van der Waals surface area contributed by atoms with Crippen LogP contribution in [0.3, 0.4) is 0 Å². The third kappa shape index (κ3) is 7.36. The number of rotatable bonds is 7. The smallest absolute Gasteiger partial charge is 0.191 e. The fraction of sp³-hybridized carbons (Fsp3) is 0.438. The molecule has 0 saturated carbocycles. The number of ether oxygens (including phenoxy) is 1. The number of halogens is 1. The van der Waals surface area contributed by atoms with Crippen molar-refractivity contribution in [2.75, 3.05) is 26.7 Å². The molecule has 1 aromatic carbocycles. The Bertz CT molecular complexity index is 461. The lowest BCUT2D eigenvalue weighted by Gasteiger charge is -2.10. The second-order valence-electron chi connectivity index (χ2n) is 4.48. The van der Waals surface area contributed by atoms with Crippen LogP contribution in [0.4, 0.5) is 0 Å². The highest BCUT2D eigenvalue weighted by atomic mass is 127. The molecule has 4 nitrogen and oxygen atoms in total. The third-order valence-corrected chi connectivity index (χ3v) is 2.90. The van der Waals surface area contributed by atoms with E-state index < -0.39 is 0 Å².